The SMILES string of the molecule is CN(C)C(=O)c1cccc(-c2ccc3c(c2)[C@H]2[C@H](CCN2C(=O)c2cccnc2)[C@@H](CO)N3)c1. The van der Waals surface area contributed by atoms with Crippen LogP contribution in [-0.2, 0) is 0 Å². The summed E-state index contributed by atoms with van der Waals surface area (Å²) in [6.45, 7) is 0.629. The molecule has 3 atom stereocenters. The molecule has 34 heavy (non-hydrogen) atoms. The molecular formula is C27H28N4O3. The van der Waals surface area contributed by atoms with E-state index in [-0.39, 0.29) is 36.4 Å². The molecule has 2 amide bonds. The van der Waals surface area contributed by atoms with E-state index >= 15 is 0 Å². The monoisotopic (exact) mass is 456 g/mol. The number of aliphatic hydroxyl groups is 1. The average molecular weight is 457 g/mol. The van der Waals surface area contributed by atoms with Gasteiger partial charge in [-0.25, -0.2) is 0 Å². The summed E-state index contributed by atoms with van der Waals surface area (Å²) in [5, 5.41) is 13.5. The van der Waals surface area contributed by atoms with Crippen LogP contribution in [0.4, 0.5) is 5.69 Å². The number of aliphatic hydroxyl groups excluding tert-OH is 1. The maximum absolute atomic E-state index is 13.4. The molecule has 2 aliphatic rings. The highest BCUT2D eigenvalue weighted by molar-refractivity contribution is 5.96. The van der Waals surface area contributed by atoms with Crippen molar-refractivity contribution in [2.75, 3.05) is 32.6 Å². The molecule has 0 radical (unpaired) electrons. The van der Waals surface area contributed by atoms with E-state index < -0.39 is 0 Å². The summed E-state index contributed by atoms with van der Waals surface area (Å²) in [6.07, 6.45) is 4.07. The lowest BCUT2D eigenvalue weighted by molar-refractivity contribution is 0.0700. The van der Waals surface area contributed by atoms with Gasteiger partial charge >= 0.3 is 0 Å². The van der Waals surface area contributed by atoms with Gasteiger partial charge in [-0.2, -0.15) is 0 Å². The summed E-state index contributed by atoms with van der Waals surface area (Å²) in [6, 6.07) is 17.0. The van der Waals surface area contributed by atoms with Gasteiger partial charge < -0.3 is 20.2 Å². The minimum Gasteiger partial charge on any atom is -0.394 e. The molecule has 0 aliphatic carbocycles. The van der Waals surface area contributed by atoms with Gasteiger partial charge in [0.2, 0.25) is 0 Å². The van der Waals surface area contributed by atoms with Crippen LogP contribution in [-0.4, -0.2) is 65.0 Å². The molecule has 0 saturated carbocycles. The van der Waals surface area contributed by atoms with Crippen LogP contribution in [0.5, 0.6) is 0 Å². The number of fused-ring (bicyclic) bond motifs is 3. The van der Waals surface area contributed by atoms with Crippen molar-refractivity contribution in [3.05, 3.63) is 83.7 Å². The van der Waals surface area contributed by atoms with E-state index in [0.717, 1.165) is 28.8 Å². The molecule has 2 N–H and O–H groups in total. The second-order valence-electron chi connectivity index (χ2n) is 9.15. The van der Waals surface area contributed by atoms with Crippen LogP contribution in [0.1, 0.15) is 38.7 Å². The van der Waals surface area contributed by atoms with Crippen LogP contribution in [0.15, 0.2) is 67.0 Å². The highest BCUT2D eigenvalue weighted by Gasteiger charge is 2.45. The average Bonchev–Trinajstić information content (AvgIpc) is 3.33. The normalized spacial score (nSPS) is 20.8. The van der Waals surface area contributed by atoms with Crippen molar-refractivity contribution in [2.45, 2.75) is 18.5 Å². The topological polar surface area (TPSA) is 85.8 Å². The lowest BCUT2D eigenvalue weighted by Crippen LogP contribution is -2.42. The van der Waals surface area contributed by atoms with Crippen molar-refractivity contribution in [3.63, 3.8) is 0 Å². The summed E-state index contributed by atoms with van der Waals surface area (Å²) in [7, 11) is 3.48. The molecule has 1 fully saturated rings. The molecular weight excluding hydrogens is 428 g/mol. The number of aromatic nitrogens is 1. The van der Waals surface area contributed by atoms with E-state index in [9.17, 15) is 14.7 Å². The van der Waals surface area contributed by atoms with Gasteiger partial charge in [0.1, 0.15) is 0 Å². The fourth-order valence-corrected chi connectivity index (χ4v) is 5.22. The highest BCUT2D eigenvalue weighted by Crippen LogP contribution is 2.47. The Kier molecular flexibility index (Phi) is 5.79. The van der Waals surface area contributed by atoms with Crippen molar-refractivity contribution >= 4 is 17.5 Å². The van der Waals surface area contributed by atoms with Crippen LogP contribution in [0.3, 0.4) is 0 Å². The largest absolute Gasteiger partial charge is 0.394 e. The minimum absolute atomic E-state index is 0.00593. The fourth-order valence-electron chi connectivity index (χ4n) is 5.22. The lowest BCUT2D eigenvalue weighted by Gasteiger charge is -2.39. The summed E-state index contributed by atoms with van der Waals surface area (Å²) in [5.74, 6) is 0.0144. The predicted octanol–water partition coefficient (Wildman–Crippen LogP) is 3.44. The number of likely N-dealkylation sites (tertiary alicyclic amines) is 1. The molecule has 0 bridgehead atoms. The zero-order valence-electron chi connectivity index (χ0n) is 19.3. The molecule has 2 aliphatic heterocycles. The summed E-state index contributed by atoms with van der Waals surface area (Å²) < 4.78 is 0. The van der Waals surface area contributed by atoms with Crippen LogP contribution in [0.2, 0.25) is 0 Å². The quantitative estimate of drug-likeness (QED) is 0.628. The number of nitrogens with one attached hydrogen (secondary N) is 1. The number of rotatable bonds is 4. The van der Waals surface area contributed by atoms with Crippen LogP contribution in [0.25, 0.3) is 11.1 Å². The molecule has 1 aromatic heterocycles. The van der Waals surface area contributed by atoms with Gasteiger partial charge in [0.05, 0.1) is 24.3 Å². The van der Waals surface area contributed by atoms with Gasteiger partial charge in [0.25, 0.3) is 11.8 Å². The van der Waals surface area contributed by atoms with Crippen molar-refractivity contribution < 1.29 is 14.7 Å². The molecule has 7 heteroatoms. The predicted molar refractivity (Wildman–Crippen MR) is 131 cm³/mol. The molecule has 3 aromatic rings. The van der Waals surface area contributed by atoms with Gasteiger partial charge in [-0.05, 0) is 59.5 Å². The number of amides is 2. The maximum atomic E-state index is 13.4. The van der Waals surface area contributed by atoms with Gasteiger partial charge in [-0.3, -0.25) is 14.6 Å². The molecule has 7 nitrogen and oxygen atoms in total. The lowest BCUT2D eigenvalue weighted by atomic mass is 9.82. The molecule has 0 spiro atoms. The second kappa shape index (κ2) is 8.91. The van der Waals surface area contributed by atoms with Gasteiger partial charge in [-0.1, -0.05) is 18.2 Å². The molecule has 2 aromatic carbocycles. The first-order chi connectivity index (χ1) is 16.5. The smallest absolute Gasteiger partial charge is 0.255 e. The first kappa shape index (κ1) is 22.1. The van der Waals surface area contributed by atoms with Crippen molar-refractivity contribution in [3.8, 4) is 11.1 Å². The van der Waals surface area contributed by atoms with Crippen molar-refractivity contribution in [2.24, 2.45) is 5.92 Å². The molecule has 3 heterocycles. The van der Waals surface area contributed by atoms with Crippen LogP contribution >= 0.6 is 0 Å². The third-order valence-electron chi connectivity index (χ3n) is 6.89. The van der Waals surface area contributed by atoms with Gasteiger partial charge in [0, 0.05) is 50.2 Å². The van der Waals surface area contributed by atoms with Crippen molar-refractivity contribution in [1.82, 2.24) is 14.8 Å². The number of benzene rings is 2. The summed E-state index contributed by atoms with van der Waals surface area (Å²) in [4.78, 5) is 33.5. The van der Waals surface area contributed by atoms with Gasteiger partial charge in [-0.15, -0.1) is 0 Å². The highest BCUT2D eigenvalue weighted by atomic mass is 16.3. The number of hydrogen-bond donors (Lipinski definition) is 2. The van der Waals surface area contributed by atoms with E-state index in [4.69, 9.17) is 0 Å². The number of carbonyl (C=O) groups excluding carboxylic acids is 2. The number of carbonyl (C=O) groups is 2. The van der Waals surface area contributed by atoms with Crippen LogP contribution < -0.4 is 5.32 Å². The van der Waals surface area contributed by atoms with Gasteiger partial charge in [0.15, 0.2) is 0 Å². The zero-order valence-corrected chi connectivity index (χ0v) is 19.3. The van der Waals surface area contributed by atoms with E-state index in [1.54, 1.807) is 43.5 Å². The Bertz CT molecular complexity index is 1230. The maximum Gasteiger partial charge on any atom is 0.255 e. The Morgan fingerprint density at radius 3 is 2.62 bits per heavy atom. The molecule has 5 rings (SSSR count). The number of anilines is 1. The Labute approximate surface area is 199 Å². The van der Waals surface area contributed by atoms with E-state index in [1.807, 2.05) is 41.3 Å². The number of nitrogens with zero attached hydrogens (tertiary/aromatic N) is 3. The molecule has 0 unspecified atom stereocenters. The van der Waals surface area contributed by atoms with E-state index in [2.05, 4.69) is 16.4 Å². The molecule has 174 valence electrons. The Balaban J connectivity index is 1.55. The first-order valence-corrected chi connectivity index (χ1v) is 11.5. The zero-order chi connectivity index (χ0) is 23.8. The van der Waals surface area contributed by atoms with Crippen molar-refractivity contribution in [1.29, 1.82) is 0 Å². The first-order valence-electron chi connectivity index (χ1n) is 11.5. The number of hydrogen-bond acceptors (Lipinski definition) is 5. The Morgan fingerprint density at radius 2 is 1.88 bits per heavy atom. The summed E-state index contributed by atoms with van der Waals surface area (Å²) in [5.41, 5.74) is 5.08. The third-order valence-corrected chi connectivity index (χ3v) is 6.89. The summed E-state index contributed by atoms with van der Waals surface area (Å²) >= 11 is 0. The molecule has 1 saturated heterocycles. The fraction of sp³-hybridized carbons (Fsp3) is 0.296. The van der Waals surface area contributed by atoms with Crippen LogP contribution in [0, 0.1) is 5.92 Å². The van der Waals surface area contributed by atoms with E-state index in [1.165, 1.54) is 0 Å². The second-order valence-corrected chi connectivity index (χ2v) is 9.15. The standard InChI is InChI=1S/C27H28N4O3/c1-30(2)26(33)19-6-3-5-17(13-19)18-8-9-23-22(14-18)25-21(24(16-32)29-23)10-12-31(25)27(34)20-7-4-11-28-15-20/h3-9,11,13-15,21,24-25,29,32H,10,12,16H2,1-2H3/t21-,24-,25-/m1/s1. The van der Waals surface area contributed by atoms with E-state index in [0.29, 0.717) is 17.7 Å². The number of pyridine rings is 1. The Morgan fingerprint density at radius 1 is 1.09 bits per heavy atom. The Hall–Kier alpha value is -3.71. The minimum atomic E-state index is -0.146. The third kappa shape index (κ3) is 3.82.